The van der Waals surface area contributed by atoms with Crippen LogP contribution in [0.2, 0.25) is 0 Å². The Hall–Kier alpha value is -2.38. The molecule has 0 spiro atoms. The number of carbonyl (C=O) groups excluding carboxylic acids is 1. The highest BCUT2D eigenvalue weighted by atomic mass is 32.2. The van der Waals surface area contributed by atoms with Gasteiger partial charge in [0.25, 0.3) is 0 Å². The fourth-order valence-corrected chi connectivity index (χ4v) is 6.39. The van der Waals surface area contributed by atoms with Crippen LogP contribution in [0.4, 0.5) is 5.69 Å². The summed E-state index contributed by atoms with van der Waals surface area (Å²) in [5.41, 5.74) is 3.72. The average molecular weight is 458 g/mol. The zero-order chi connectivity index (χ0) is 23.5. The zero-order valence-electron chi connectivity index (χ0n) is 19.8. The molecule has 2 aromatic carbocycles. The lowest BCUT2D eigenvalue weighted by molar-refractivity contribution is -0.126. The number of nitrogens with one attached hydrogen (secondary N) is 1. The van der Waals surface area contributed by atoms with Crippen LogP contribution >= 0.6 is 0 Å². The molecule has 1 atom stereocenters. The van der Waals surface area contributed by atoms with Crippen molar-refractivity contribution in [3.8, 4) is 0 Å². The first-order valence-electron chi connectivity index (χ1n) is 11.2. The predicted molar refractivity (Wildman–Crippen MR) is 129 cm³/mol. The molecule has 1 saturated heterocycles. The third-order valence-electron chi connectivity index (χ3n) is 6.42. The Morgan fingerprint density at radius 3 is 2.22 bits per heavy atom. The molecule has 1 unspecified atom stereocenters. The number of rotatable bonds is 7. The van der Waals surface area contributed by atoms with Crippen molar-refractivity contribution in [2.45, 2.75) is 51.5 Å². The van der Waals surface area contributed by atoms with E-state index in [9.17, 15) is 13.2 Å². The molecule has 0 aromatic heterocycles. The van der Waals surface area contributed by atoms with Crippen LogP contribution in [-0.2, 0) is 14.8 Å². The van der Waals surface area contributed by atoms with Crippen molar-refractivity contribution in [1.82, 2.24) is 9.62 Å². The van der Waals surface area contributed by atoms with Gasteiger partial charge in [0, 0.05) is 44.3 Å². The second-order valence-electron chi connectivity index (χ2n) is 8.95. The number of nitrogens with zero attached hydrogens (tertiary/aromatic N) is 2. The number of amides is 1. The maximum Gasteiger partial charge on any atom is 0.243 e. The fraction of sp³-hybridized carbons (Fsp3) is 0.480. The summed E-state index contributed by atoms with van der Waals surface area (Å²) in [6, 6.07) is 14.0. The summed E-state index contributed by atoms with van der Waals surface area (Å²) in [4.78, 5) is 15.3. The number of benzene rings is 2. The summed E-state index contributed by atoms with van der Waals surface area (Å²) in [5.74, 6) is -0.144. The molecule has 1 aliphatic rings. The molecule has 1 amide bonds. The first-order chi connectivity index (χ1) is 15.1. The van der Waals surface area contributed by atoms with Crippen molar-refractivity contribution in [2.75, 3.05) is 31.6 Å². The third kappa shape index (κ3) is 5.33. The molecule has 174 valence electrons. The van der Waals surface area contributed by atoms with E-state index in [0.717, 1.165) is 22.4 Å². The van der Waals surface area contributed by atoms with Crippen LogP contribution in [0, 0.1) is 26.7 Å². The van der Waals surface area contributed by atoms with Crippen molar-refractivity contribution in [3.05, 3.63) is 59.2 Å². The number of hydrogen-bond donors (Lipinski definition) is 1. The molecule has 6 nitrogen and oxygen atoms in total. The topological polar surface area (TPSA) is 69.7 Å². The molecule has 2 aromatic rings. The monoisotopic (exact) mass is 457 g/mol. The lowest BCUT2D eigenvalue weighted by Crippen LogP contribution is -2.46. The maximum absolute atomic E-state index is 13.3. The Labute approximate surface area is 192 Å². The summed E-state index contributed by atoms with van der Waals surface area (Å²) in [6.45, 7) is 9.03. The number of carbonyl (C=O) groups is 1. The van der Waals surface area contributed by atoms with E-state index in [1.54, 1.807) is 0 Å². The molecule has 1 fully saturated rings. The number of likely N-dealkylation sites (N-methyl/N-ethyl adjacent to an activating group) is 1. The summed E-state index contributed by atoms with van der Waals surface area (Å²) in [6.07, 6.45) is 1.08. The molecular weight excluding hydrogens is 422 g/mol. The summed E-state index contributed by atoms with van der Waals surface area (Å²) < 4.78 is 28.1. The highest BCUT2D eigenvalue weighted by Crippen LogP contribution is 2.29. The Morgan fingerprint density at radius 2 is 1.66 bits per heavy atom. The summed E-state index contributed by atoms with van der Waals surface area (Å²) >= 11 is 0. The largest absolute Gasteiger partial charge is 0.370 e. The predicted octanol–water partition coefficient (Wildman–Crippen LogP) is 3.65. The summed E-state index contributed by atoms with van der Waals surface area (Å²) in [7, 11) is -1.54. The minimum atomic E-state index is -3.56. The van der Waals surface area contributed by atoms with Crippen LogP contribution in [-0.4, -0.2) is 51.4 Å². The van der Waals surface area contributed by atoms with Crippen LogP contribution in [0.1, 0.15) is 36.5 Å². The Morgan fingerprint density at radius 1 is 1.09 bits per heavy atom. The highest BCUT2D eigenvalue weighted by Gasteiger charge is 2.33. The quantitative estimate of drug-likeness (QED) is 0.689. The van der Waals surface area contributed by atoms with Crippen LogP contribution in [0.15, 0.2) is 47.4 Å². The minimum absolute atomic E-state index is 0.0121. The molecule has 0 saturated carbocycles. The van der Waals surface area contributed by atoms with Gasteiger partial charge in [0.05, 0.1) is 4.90 Å². The van der Waals surface area contributed by atoms with Gasteiger partial charge in [-0.05, 0) is 63.8 Å². The SMILES string of the molecule is Cc1cc(C)c(S(=O)(=O)N2CCC(C(=O)NCC(C)N(C)c3ccccc3)CC2)c(C)c1. The molecule has 0 aliphatic carbocycles. The standard InChI is InChI=1S/C25H35N3O3S/c1-18-15-19(2)24(20(3)16-18)32(30,31)28-13-11-22(12-14-28)25(29)26-17-21(4)27(5)23-9-7-6-8-10-23/h6-10,15-16,21-22H,11-14,17H2,1-5H3,(H,26,29). The lowest BCUT2D eigenvalue weighted by atomic mass is 9.97. The molecule has 32 heavy (non-hydrogen) atoms. The van der Waals surface area contributed by atoms with Gasteiger partial charge >= 0.3 is 0 Å². The number of anilines is 1. The van der Waals surface area contributed by atoms with Gasteiger partial charge in [0.1, 0.15) is 0 Å². The number of hydrogen-bond acceptors (Lipinski definition) is 4. The van der Waals surface area contributed by atoms with Crippen LogP contribution in [0.3, 0.4) is 0 Å². The van der Waals surface area contributed by atoms with Gasteiger partial charge in [-0.15, -0.1) is 0 Å². The maximum atomic E-state index is 13.3. The fourth-order valence-electron chi connectivity index (χ4n) is 4.51. The molecule has 1 N–H and O–H groups in total. The summed E-state index contributed by atoms with van der Waals surface area (Å²) in [5, 5.41) is 3.06. The highest BCUT2D eigenvalue weighted by molar-refractivity contribution is 7.89. The minimum Gasteiger partial charge on any atom is -0.370 e. The van der Waals surface area contributed by atoms with E-state index in [-0.39, 0.29) is 17.9 Å². The van der Waals surface area contributed by atoms with E-state index >= 15 is 0 Å². The van der Waals surface area contributed by atoms with Crippen LogP contribution < -0.4 is 10.2 Å². The number of aryl methyl sites for hydroxylation is 3. The van der Waals surface area contributed by atoms with E-state index < -0.39 is 10.0 Å². The Bertz CT molecular complexity index is 1020. The van der Waals surface area contributed by atoms with Gasteiger partial charge < -0.3 is 10.2 Å². The van der Waals surface area contributed by atoms with Gasteiger partial charge in [0.15, 0.2) is 0 Å². The van der Waals surface area contributed by atoms with Crippen molar-refractivity contribution in [2.24, 2.45) is 5.92 Å². The number of piperidine rings is 1. The van der Waals surface area contributed by atoms with Gasteiger partial charge in [-0.1, -0.05) is 35.9 Å². The van der Waals surface area contributed by atoms with E-state index in [0.29, 0.717) is 37.4 Å². The van der Waals surface area contributed by atoms with Gasteiger partial charge in [-0.25, -0.2) is 8.42 Å². The van der Waals surface area contributed by atoms with E-state index in [2.05, 4.69) is 17.1 Å². The van der Waals surface area contributed by atoms with E-state index in [4.69, 9.17) is 0 Å². The number of sulfonamides is 1. The molecule has 1 heterocycles. The molecule has 3 rings (SSSR count). The molecule has 0 bridgehead atoms. The lowest BCUT2D eigenvalue weighted by Gasteiger charge is -2.32. The van der Waals surface area contributed by atoms with Gasteiger partial charge in [-0.3, -0.25) is 4.79 Å². The molecular formula is C25H35N3O3S. The zero-order valence-corrected chi connectivity index (χ0v) is 20.6. The van der Waals surface area contributed by atoms with Crippen molar-refractivity contribution in [1.29, 1.82) is 0 Å². The van der Waals surface area contributed by atoms with Crippen molar-refractivity contribution < 1.29 is 13.2 Å². The Kier molecular flexibility index (Phi) is 7.62. The van der Waals surface area contributed by atoms with E-state index in [1.807, 2.05) is 70.3 Å². The normalized spacial score (nSPS) is 16.5. The third-order valence-corrected chi connectivity index (χ3v) is 8.63. The first kappa shape index (κ1) is 24.3. The van der Waals surface area contributed by atoms with Gasteiger partial charge in [0.2, 0.25) is 15.9 Å². The Balaban J connectivity index is 1.56. The van der Waals surface area contributed by atoms with Crippen LogP contribution in [0.25, 0.3) is 0 Å². The average Bonchev–Trinajstić information content (AvgIpc) is 2.76. The first-order valence-corrected chi connectivity index (χ1v) is 12.7. The van der Waals surface area contributed by atoms with Gasteiger partial charge in [-0.2, -0.15) is 4.31 Å². The molecule has 0 radical (unpaired) electrons. The second kappa shape index (κ2) is 10.0. The van der Waals surface area contributed by atoms with Crippen LogP contribution in [0.5, 0.6) is 0 Å². The van der Waals surface area contributed by atoms with Crippen molar-refractivity contribution in [3.63, 3.8) is 0 Å². The number of para-hydroxylation sites is 1. The second-order valence-corrected chi connectivity index (χ2v) is 10.8. The molecule has 7 heteroatoms. The van der Waals surface area contributed by atoms with Crippen molar-refractivity contribution >= 4 is 21.6 Å². The molecule has 1 aliphatic heterocycles. The smallest absolute Gasteiger partial charge is 0.243 e. The van der Waals surface area contributed by atoms with E-state index in [1.165, 1.54) is 4.31 Å².